The first-order chi connectivity index (χ1) is 18.5. The second-order valence-electron chi connectivity index (χ2n) is 12.1. The third kappa shape index (κ3) is 14.2. The molecule has 2 saturated heterocycles. The van der Waals surface area contributed by atoms with E-state index in [1.54, 1.807) is 41.5 Å². The summed E-state index contributed by atoms with van der Waals surface area (Å²) in [4.78, 5) is 46.5. The lowest BCUT2D eigenvalue weighted by Gasteiger charge is -2.29. The number of hydrogen-bond donors (Lipinski definition) is 3. The summed E-state index contributed by atoms with van der Waals surface area (Å²) in [5.74, 6) is -2.50. The zero-order valence-corrected chi connectivity index (χ0v) is 26.4. The Kier molecular flexibility index (Phi) is 12.9. The van der Waals surface area contributed by atoms with E-state index in [0.717, 1.165) is 0 Å². The molecule has 2 amide bonds. The van der Waals surface area contributed by atoms with E-state index in [2.05, 4.69) is 15.4 Å². The van der Waals surface area contributed by atoms with E-state index in [9.17, 15) is 41.1 Å². The standard InChI is InChI=1S/C13H23NO6S.C12H21NO6S/c1-13(2,3)20-12(16)14-10(11(15)19-4)9-5-7-21(17,18)8-6-9;1-12(2,3)19-11(16)13-9(10(14)15)8-4-6-20(17,18)7-5-8/h9-10H,5-8H2,1-4H3,(H,14,16);8-9H,4-7H2,1-3H3,(H,13,16)(H,14,15)/t10-;9-/m00/s1. The van der Waals surface area contributed by atoms with Crippen LogP contribution in [0.2, 0.25) is 0 Å². The third-order valence-electron chi connectivity index (χ3n) is 6.21. The van der Waals surface area contributed by atoms with Gasteiger partial charge in [-0.1, -0.05) is 0 Å². The van der Waals surface area contributed by atoms with Crippen molar-refractivity contribution in [3.63, 3.8) is 0 Å². The largest absolute Gasteiger partial charge is 0.480 e. The van der Waals surface area contributed by atoms with Crippen molar-refractivity contribution in [2.24, 2.45) is 11.8 Å². The number of nitrogens with one attached hydrogen (secondary N) is 2. The van der Waals surface area contributed by atoms with Crippen LogP contribution in [0.4, 0.5) is 9.59 Å². The maximum Gasteiger partial charge on any atom is 0.408 e. The smallest absolute Gasteiger partial charge is 0.408 e. The monoisotopic (exact) mass is 628 g/mol. The van der Waals surface area contributed by atoms with Crippen molar-refractivity contribution in [1.29, 1.82) is 0 Å². The maximum absolute atomic E-state index is 11.8. The van der Waals surface area contributed by atoms with E-state index in [0.29, 0.717) is 12.8 Å². The minimum atomic E-state index is -3.07. The van der Waals surface area contributed by atoms with Gasteiger partial charge >= 0.3 is 24.1 Å². The summed E-state index contributed by atoms with van der Waals surface area (Å²) in [5.41, 5.74) is -1.40. The number of alkyl carbamates (subject to hydrolysis) is 2. The van der Waals surface area contributed by atoms with E-state index in [-0.39, 0.29) is 41.8 Å². The fraction of sp³-hybridized carbons (Fsp3) is 0.840. The second kappa shape index (κ2) is 14.5. The highest BCUT2D eigenvalue weighted by Gasteiger charge is 2.37. The quantitative estimate of drug-likeness (QED) is 0.283. The lowest BCUT2D eigenvalue weighted by molar-refractivity contribution is -0.145. The van der Waals surface area contributed by atoms with Gasteiger partial charge in [-0.2, -0.15) is 0 Å². The van der Waals surface area contributed by atoms with Crippen LogP contribution < -0.4 is 10.6 Å². The van der Waals surface area contributed by atoms with E-state index in [1.165, 1.54) is 7.11 Å². The van der Waals surface area contributed by atoms with Gasteiger partial charge in [0.15, 0.2) is 0 Å². The zero-order valence-electron chi connectivity index (χ0n) is 24.7. The van der Waals surface area contributed by atoms with Gasteiger partial charge in [0, 0.05) is 0 Å². The van der Waals surface area contributed by atoms with Gasteiger partial charge in [0.1, 0.15) is 43.0 Å². The van der Waals surface area contributed by atoms with Crippen LogP contribution >= 0.6 is 0 Å². The van der Waals surface area contributed by atoms with Gasteiger partial charge in [0.2, 0.25) is 0 Å². The van der Waals surface area contributed by atoms with Crippen LogP contribution in [0.3, 0.4) is 0 Å². The van der Waals surface area contributed by atoms with Crippen molar-refractivity contribution >= 4 is 43.8 Å². The van der Waals surface area contributed by atoms with Gasteiger partial charge in [-0.3, -0.25) is 0 Å². The number of rotatable bonds is 6. The molecular formula is C25H44N2O12S2. The molecule has 16 heteroatoms. The fourth-order valence-corrected chi connectivity index (χ4v) is 7.29. The molecule has 0 aromatic rings. The van der Waals surface area contributed by atoms with Crippen molar-refractivity contribution in [1.82, 2.24) is 10.6 Å². The molecule has 238 valence electrons. The second-order valence-corrected chi connectivity index (χ2v) is 16.7. The molecule has 0 unspecified atom stereocenters. The summed E-state index contributed by atoms with van der Waals surface area (Å²) in [5, 5.41) is 14.0. The molecule has 14 nitrogen and oxygen atoms in total. The molecule has 0 spiro atoms. The first-order valence-electron chi connectivity index (χ1n) is 13.2. The predicted molar refractivity (Wildman–Crippen MR) is 149 cm³/mol. The Morgan fingerprint density at radius 1 is 0.683 bits per heavy atom. The van der Waals surface area contributed by atoms with Crippen molar-refractivity contribution in [2.75, 3.05) is 30.1 Å². The highest BCUT2D eigenvalue weighted by atomic mass is 32.2. The number of hydrogen-bond acceptors (Lipinski definition) is 11. The average molecular weight is 629 g/mol. The Bertz CT molecular complexity index is 1130. The normalized spacial score (nSPS) is 20.7. The molecule has 2 heterocycles. The van der Waals surface area contributed by atoms with Gasteiger partial charge < -0.3 is 30.0 Å². The Morgan fingerprint density at radius 2 is 1.00 bits per heavy atom. The number of carbonyl (C=O) groups excluding carboxylic acids is 3. The number of aliphatic carboxylic acids is 1. The summed E-state index contributed by atoms with van der Waals surface area (Å²) in [6.45, 7) is 10.2. The topological polar surface area (TPSA) is 209 Å². The number of sulfone groups is 2. The minimum Gasteiger partial charge on any atom is -0.480 e. The molecule has 0 aromatic carbocycles. The van der Waals surface area contributed by atoms with Gasteiger partial charge in [-0.25, -0.2) is 36.0 Å². The Balaban J connectivity index is 0.000000410. The molecule has 2 aliphatic heterocycles. The SMILES string of the molecule is CC(C)(C)OC(=O)N[C@H](C(=O)O)C1CCS(=O)(=O)CC1.COC(=O)[C@@H](NC(=O)OC(C)(C)C)C1CCS(=O)(=O)CC1. The summed E-state index contributed by atoms with van der Waals surface area (Å²) in [6, 6.07) is -2.01. The van der Waals surface area contributed by atoms with Crippen LogP contribution in [0, 0.1) is 11.8 Å². The molecule has 0 aliphatic carbocycles. The third-order valence-corrected chi connectivity index (χ3v) is 9.64. The molecule has 2 fully saturated rings. The van der Waals surface area contributed by atoms with Crippen molar-refractivity contribution in [3.05, 3.63) is 0 Å². The lowest BCUT2D eigenvalue weighted by Crippen LogP contribution is -2.50. The van der Waals surface area contributed by atoms with E-state index < -0.39 is 73.0 Å². The van der Waals surface area contributed by atoms with E-state index >= 15 is 0 Å². The van der Waals surface area contributed by atoms with Gasteiger partial charge in [0.05, 0.1) is 30.1 Å². The van der Waals surface area contributed by atoms with Gasteiger partial charge in [-0.15, -0.1) is 0 Å². The van der Waals surface area contributed by atoms with Crippen LogP contribution in [0.25, 0.3) is 0 Å². The number of ether oxygens (including phenoxy) is 3. The number of carbonyl (C=O) groups is 4. The van der Waals surface area contributed by atoms with Crippen LogP contribution in [0.5, 0.6) is 0 Å². The summed E-state index contributed by atoms with van der Waals surface area (Å²) < 4.78 is 60.4. The molecule has 0 saturated carbocycles. The lowest BCUT2D eigenvalue weighted by atomic mass is 9.94. The predicted octanol–water partition coefficient (Wildman–Crippen LogP) is 1.67. The van der Waals surface area contributed by atoms with Crippen LogP contribution in [-0.2, 0) is 43.5 Å². The number of carboxylic acid groups (broad SMARTS) is 1. The van der Waals surface area contributed by atoms with Gasteiger partial charge in [-0.05, 0) is 79.1 Å². The average Bonchev–Trinajstić information content (AvgIpc) is 2.79. The number of methoxy groups -OCH3 is 1. The molecule has 0 aromatic heterocycles. The maximum atomic E-state index is 11.8. The van der Waals surface area contributed by atoms with Crippen LogP contribution in [-0.4, -0.2) is 99.5 Å². The van der Waals surface area contributed by atoms with E-state index in [1.807, 2.05) is 0 Å². The van der Waals surface area contributed by atoms with Crippen LogP contribution in [0.1, 0.15) is 67.2 Å². The minimum absolute atomic E-state index is 0.0150. The van der Waals surface area contributed by atoms with Crippen molar-refractivity contribution < 1.29 is 55.3 Å². The highest BCUT2D eigenvalue weighted by molar-refractivity contribution is 7.91. The van der Waals surface area contributed by atoms with Crippen molar-refractivity contribution in [2.45, 2.75) is 90.5 Å². The fourth-order valence-electron chi connectivity index (χ4n) is 4.23. The molecule has 3 N–H and O–H groups in total. The molecule has 2 aliphatic rings. The molecule has 41 heavy (non-hydrogen) atoms. The molecule has 2 rings (SSSR count). The zero-order chi connectivity index (χ0) is 31.8. The van der Waals surface area contributed by atoms with Gasteiger partial charge in [0.25, 0.3) is 0 Å². The first-order valence-corrected chi connectivity index (χ1v) is 16.9. The Morgan fingerprint density at radius 3 is 1.29 bits per heavy atom. The van der Waals surface area contributed by atoms with Crippen LogP contribution in [0.15, 0.2) is 0 Å². The molecule has 0 radical (unpaired) electrons. The van der Waals surface area contributed by atoms with Crippen molar-refractivity contribution in [3.8, 4) is 0 Å². The Labute approximate surface area is 242 Å². The summed E-state index contributed by atoms with van der Waals surface area (Å²) in [6.07, 6.45) is -0.426. The molecular weight excluding hydrogens is 584 g/mol. The number of amides is 2. The molecule has 0 bridgehead atoms. The van der Waals surface area contributed by atoms with E-state index in [4.69, 9.17) is 9.47 Å². The highest BCUT2D eigenvalue weighted by Crippen LogP contribution is 2.24. The molecule has 2 atom stereocenters. The first kappa shape index (κ1) is 36.4. The summed E-state index contributed by atoms with van der Waals surface area (Å²) >= 11 is 0. The Hall–Kier alpha value is -2.62. The summed E-state index contributed by atoms with van der Waals surface area (Å²) in [7, 11) is -4.88. The number of carboxylic acids is 1. The number of esters is 1.